The van der Waals surface area contributed by atoms with Crippen LogP contribution >= 0.6 is 0 Å². The lowest BCUT2D eigenvalue weighted by Gasteiger charge is -2.06. The van der Waals surface area contributed by atoms with Gasteiger partial charge in [0.1, 0.15) is 17.7 Å². The molecule has 5 heteroatoms. The van der Waals surface area contributed by atoms with E-state index >= 15 is 0 Å². The molecule has 0 spiro atoms. The van der Waals surface area contributed by atoms with Crippen LogP contribution in [0.3, 0.4) is 0 Å². The van der Waals surface area contributed by atoms with Gasteiger partial charge >= 0.3 is 0 Å². The summed E-state index contributed by atoms with van der Waals surface area (Å²) in [6, 6.07) is 5.69. The SMILES string of the molecule is CCc1nc(NC)cc(-c2cncc(C#N)c2)n1. The Bertz CT molecular complexity index is 578. The molecule has 2 aromatic rings. The van der Waals surface area contributed by atoms with Crippen LogP contribution in [0.4, 0.5) is 5.82 Å². The van der Waals surface area contributed by atoms with Gasteiger partial charge in [0.05, 0.1) is 11.3 Å². The number of aromatic nitrogens is 3. The molecular formula is C13H13N5. The zero-order valence-electron chi connectivity index (χ0n) is 10.3. The molecule has 90 valence electrons. The summed E-state index contributed by atoms with van der Waals surface area (Å²) < 4.78 is 0. The molecule has 2 aromatic heterocycles. The monoisotopic (exact) mass is 239 g/mol. The number of anilines is 1. The van der Waals surface area contributed by atoms with E-state index in [1.54, 1.807) is 12.3 Å². The minimum absolute atomic E-state index is 0.523. The van der Waals surface area contributed by atoms with E-state index in [4.69, 9.17) is 5.26 Å². The largest absolute Gasteiger partial charge is 0.373 e. The lowest BCUT2D eigenvalue weighted by Crippen LogP contribution is -2.01. The predicted molar refractivity (Wildman–Crippen MR) is 68.9 cm³/mol. The van der Waals surface area contributed by atoms with Crippen molar-refractivity contribution in [2.24, 2.45) is 0 Å². The molecule has 0 radical (unpaired) electrons. The van der Waals surface area contributed by atoms with Crippen molar-refractivity contribution in [3.8, 4) is 17.3 Å². The third-order valence-corrected chi connectivity index (χ3v) is 2.51. The summed E-state index contributed by atoms with van der Waals surface area (Å²) in [7, 11) is 1.81. The maximum absolute atomic E-state index is 8.88. The maximum atomic E-state index is 8.88. The molecule has 1 N–H and O–H groups in total. The second kappa shape index (κ2) is 5.23. The highest BCUT2D eigenvalue weighted by Crippen LogP contribution is 2.20. The van der Waals surface area contributed by atoms with Crippen LogP contribution in [0, 0.1) is 11.3 Å². The van der Waals surface area contributed by atoms with E-state index in [0.717, 1.165) is 29.3 Å². The summed E-state index contributed by atoms with van der Waals surface area (Å²) in [5.74, 6) is 1.53. The Kier molecular flexibility index (Phi) is 3.49. The van der Waals surface area contributed by atoms with Gasteiger partial charge in [-0.3, -0.25) is 4.98 Å². The Labute approximate surface area is 106 Å². The molecule has 0 fully saturated rings. The van der Waals surface area contributed by atoms with Gasteiger partial charge in [0.2, 0.25) is 0 Å². The summed E-state index contributed by atoms with van der Waals surface area (Å²) in [5, 5.41) is 11.9. The number of hydrogen-bond donors (Lipinski definition) is 1. The minimum atomic E-state index is 0.523. The molecule has 0 aliphatic rings. The van der Waals surface area contributed by atoms with Gasteiger partial charge in [-0.1, -0.05) is 6.92 Å². The maximum Gasteiger partial charge on any atom is 0.131 e. The van der Waals surface area contributed by atoms with Crippen molar-refractivity contribution in [3.05, 3.63) is 35.9 Å². The first kappa shape index (κ1) is 12.0. The van der Waals surface area contributed by atoms with Gasteiger partial charge in [0.15, 0.2) is 0 Å². The third kappa shape index (κ3) is 2.43. The quantitative estimate of drug-likeness (QED) is 0.886. The zero-order valence-corrected chi connectivity index (χ0v) is 10.3. The first-order chi connectivity index (χ1) is 8.76. The summed E-state index contributed by atoms with van der Waals surface area (Å²) in [4.78, 5) is 12.8. The molecule has 0 bridgehead atoms. The third-order valence-electron chi connectivity index (χ3n) is 2.51. The number of rotatable bonds is 3. The van der Waals surface area contributed by atoms with Crippen LogP contribution in [0.5, 0.6) is 0 Å². The van der Waals surface area contributed by atoms with Gasteiger partial charge in [-0.15, -0.1) is 0 Å². The Morgan fingerprint density at radius 3 is 2.78 bits per heavy atom. The number of aryl methyl sites for hydroxylation is 1. The van der Waals surface area contributed by atoms with Gasteiger partial charge in [-0.2, -0.15) is 5.26 Å². The second-order valence-corrected chi connectivity index (χ2v) is 3.73. The fraction of sp³-hybridized carbons (Fsp3) is 0.231. The normalized spacial score (nSPS) is 9.83. The van der Waals surface area contributed by atoms with Crippen LogP contribution < -0.4 is 5.32 Å². The van der Waals surface area contributed by atoms with Crippen LogP contribution in [0.2, 0.25) is 0 Å². The van der Waals surface area contributed by atoms with Gasteiger partial charge in [0.25, 0.3) is 0 Å². The molecule has 18 heavy (non-hydrogen) atoms. The summed E-state index contributed by atoms with van der Waals surface area (Å²) in [6.45, 7) is 2.00. The Morgan fingerprint density at radius 2 is 2.11 bits per heavy atom. The van der Waals surface area contributed by atoms with E-state index in [-0.39, 0.29) is 0 Å². The van der Waals surface area contributed by atoms with E-state index in [0.29, 0.717) is 5.56 Å². The second-order valence-electron chi connectivity index (χ2n) is 3.73. The summed E-state index contributed by atoms with van der Waals surface area (Å²) >= 11 is 0. The fourth-order valence-electron chi connectivity index (χ4n) is 1.57. The van der Waals surface area contributed by atoms with Gasteiger partial charge in [-0.05, 0) is 6.07 Å². The molecule has 0 aliphatic heterocycles. The molecule has 0 saturated heterocycles. The minimum Gasteiger partial charge on any atom is -0.373 e. The van der Waals surface area contributed by atoms with Gasteiger partial charge in [-0.25, -0.2) is 9.97 Å². The van der Waals surface area contributed by atoms with Crippen molar-refractivity contribution in [1.82, 2.24) is 15.0 Å². The van der Waals surface area contributed by atoms with Crippen molar-refractivity contribution in [2.75, 3.05) is 12.4 Å². The average Bonchev–Trinajstić information content (AvgIpc) is 2.46. The lowest BCUT2D eigenvalue weighted by atomic mass is 10.1. The van der Waals surface area contributed by atoms with Crippen LogP contribution in [0.1, 0.15) is 18.3 Å². The smallest absolute Gasteiger partial charge is 0.131 e. The Balaban J connectivity index is 2.52. The van der Waals surface area contributed by atoms with Crippen molar-refractivity contribution >= 4 is 5.82 Å². The molecule has 0 aromatic carbocycles. The highest BCUT2D eigenvalue weighted by Gasteiger charge is 2.06. The Hall–Kier alpha value is -2.48. The number of nitriles is 1. The highest BCUT2D eigenvalue weighted by atomic mass is 15.0. The van der Waals surface area contributed by atoms with E-state index in [2.05, 4.69) is 26.3 Å². The van der Waals surface area contributed by atoms with Crippen LogP contribution in [-0.4, -0.2) is 22.0 Å². The first-order valence-corrected chi connectivity index (χ1v) is 5.68. The predicted octanol–water partition coefficient (Wildman–Crippen LogP) is 2.01. The summed E-state index contributed by atoms with van der Waals surface area (Å²) in [5.41, 5.74) is 2.12. The molecule has 0 amide bonds. The summed E-state index contributed by atoms with van der Waals surface area (Å²) in [6.07, 6.45) is 3.99. The number of pyridine rings is 1. The zero-order chi connectivity index (χ0) is 13.0. The van der Waals surface area contributed by atoms with Gasteiger partial charge in [0, 0.05) is 37.5 Å². The van der Waals surface area contributed by atoms with Gasteiger partial charge < -0.3 is 5.32 Å². The number of hydrogen-bond acceptors (Lipinski definition) is 5. The van der Waals surface area contributed by atoms with Crippen LogP contribution in [0.15, 0.2) is 24.5 Å². The highest BCUT2D eigenvalue weighted by molar-refractivity contribution is 5.63. The van der Waals surface area contributed by atoms with Crippen molar-refractivity contribution in [3.63, 3.8) is 0 Å². The van der Waals surface area contributed by atoms with Crippen LogP contribution in [0.25, 0.3) is 11.3 Å². The molecule has 0 saturated carbocycles. The molecule has 2 rings (SSSR count). The number of nitrogens with zero attached hydrogens (tertiary/aromatic N) is 4. The molecule has 0 aliphatic carbocycles. The molecule has 0 atom stereocenters. The first-order valence-electron chi connectivity index (χ1n) is 5.68. The average molecular weight is 239 g/mol. The van der Waals surface area contributed by atoms with E-state index in [1.165, 1.54) is 6.20 Å². The number of nitrogens with one attached hydrogen (secondary N) is 1. The topological polar surface area (TPSA) is 74.5 Å². The lowest BCUT2D eigenvalue weighted by molar-refractivity contribution is 0.944. The standard InChI is InChI=1S/C13H13N5/c1-3-12-17-11(5-13(15-2)18-12)10-4-9(6-14)7-16-8-10/h4-5,7-8H,3H2,1-2H3,(H,15,17,18). The van der Waals surface area contributed by atoms with Crippen molar-refractivity contribution in [1.29, 1.82) is 5.26 Å². The van der Waals surface area contributed by atoms with E-state index in [1.807, 2.05) is 20.0 Å². The van der Waals surface area contributed by atoms with E-state index < -0.39 is 0 Å². The van der Waals surface area contributed by atoms with E-state index in [9.17, 15) is 0 Å². The van der Waals surface area contributed by atoms with Crippen molar-refractivity contribution in [2.45, 2.75) is 13.3 Å². The molecule has 5 nitrogen and oxygen atoms in total. The van der Waals surface area contributed by atoms with Crippen molar-refractivity contribution < 1.29 is 0 Å². The van der Waals surface area contributed by atoms with Crippen LogP contribution in [-0.2, 0) is 6.42 Å². The molecule has 2 heterocycles. The molecule has 0 unspecified atom stereocenters. The fourth-order valence-corrected chi connectivity index (χ4v) is 1.57. The molecular weight excluding hydrogens is 226 g/mol. The Morgan fingerprint density at radius 1 is 1.28 bits per heavy atom.